The van der Waals surface area contributed by atoms with Crippen molar-refractivity contribution < 1.29 is 4.39 Å². The minimum atomic E-state index is -0.329. The maximum Gasteiger partial charge on any atom is 0.127 e. The summed E-state index contributed by atoms with van der Waals surface area (Å²) in [6.07, 6.45) is 0.883. The van der Waals surface area contributed by atoms with E-state index in [4.69, 9.17) is 28.9 Å². The Hall–Kier alpha value is -1.10. The topological polar surface area (TPSA) is 43.8 Å². The van der Waals surface area contributed by atoms with Gasteiger partial charge in [0.25, 0.3) is 0 Å². The number of aromatic nitrogens is 2. The van der Waals surface area contributed by atoms with Crippen molar-refractivity contribution in [2.24, 2.45) is 5.73 Å². The van der Waals surface area contributed by atoms with Crippen LogP contribution in [0.1, 0.15) is 23.9 Å². The van der Waals surface area contributed by atoms with Crippen LogP contribution in [0.25, 0.3) is 0 Å². The van der Waals surface area contributed by atoms with Crippen molar-refractivity contribution in [3.8, 4) is 0 Å². The summed E-state index contributed by atoms with van der Waals surface area (Å²) >= 11 is 12.3. The SMILES string of the molecule is CCn1nc(C)c(Cl)c1CC(N)Cc1c(F)cccc1Cl. The van der Waals surface area contributed by atoms with Crippen molar-refractivity contribution in [1.82, 2.24) is 9.78 Å². The first kappa shape index (κ1) is 16.3. The first-order valence-electron chi connectivity index (χ1n) is 6.84. The summed E-state index contributed by atoms with van der Waals surface area (Å²) in [4.78, 5) is 0. The van der Waals surface area contributed by atoms with E-state index in [0.717, 1.165) is 17.9 Å². The van der Waals surface area contributed by atoms with Crippen LogP contribution in [-0.2, 0) is 19.4 Å². The third kappa shape index (κ3) is 3.57. The summed E-state index contributed by atoms with van der Waals surface area (Å²) < 4.78 is 15.6. The lowest BCUT2D eigenvalue weighted by molar-refractivity contribution is 0.556. The van der Waals surface area contributed by atoms with E-state index in [1.165, 1.54) is 6.07 Å². The fourth-order valence-electron chi connectivity index (χ4n) is 2.37. The molecule has 2 N–H and O–H groups in total. The van der Waals surface area contributed by atoms with Gasteiger partial charge in [-0.1, -0.05) is 29.3 Å². The largest absolute Gasteiger partial charge is 0.327 e. The standard InChI is InChI=1S/C15H18Cl2FN3/c1-3-21-14(15(17)9(2)20-21)8-10(19)7-11-12(16)5-4-6-13(11)18/h4-6,10H,3,7-8,19H2,1-2H3. The van der Waals surface area contributed by atoms with Crippen LogP contribution in [0.4, 0.5) is 4.39 Å². The molecule has 2 aromatic rings. The minimum absolute atomic E-state index is 0.279. The number of hydrogen-bond donors (Lipinski definition) is 1. The van der Waals surface area contributed by atoms with Crippen molar-refractivity contribution in [2.75, 3.05) is 0 Å². The average molecular weight is 330 g/mol. The minimum Gasteiger partial charge on any atom is -0.327 e. The molecule has 0 radical (unpaired) electrons. The van der Waals surface area contributed by atoms with E-state index < -0.39 is 0 Å². The molecular weight excluding hydrogens is 312 g/mol. The van der Waals surface area contributed by atoms with Crippen LogP contribution < -0.4 is 5.73 Å². The maximum atomic E-state index is 13.8. The Kier molecular flexibility index (Phi) is 5.25. The Labute approximate surface area is 133 Å². The van der Waals surface area contributed by atoms with E-state index in [2.05, 4.69) is 5.10 Å². The van der Waals surface area contributed by atoms with Gasteiger partial charge in [0.1, 0.15) is 5.82 Å². The lowest BCUT2D eigenvalue weighted by Gasteiger charge is -2.14. The number of halogens is 3. The highest BCUT2D eigenvalue weighted by molar-refractivity contribution is 6.32. The highest BCUT2D eigenvalue weighted by Crippen LogP contribution is 2.24. The quantitative estimate of drug-likeness (QED) is 0.907. The Morgan fingerprint density at radius 2 is 2.05 bits per heavy atom. The molecule has 0 aliphatic carbocycles. The molecule has 0 saturated heterocycles. The molecule has 2 rings (SSSR count). The van der Waals surface area contributed by atoms with Gasteiger partial charge in [0.2, 0.25) is 0 Å². The summed E-state index contributed by atoms with van der Waals surface area (Å²) in [5.41, 5.74) is 8.27. The van der Waals surface area contributed by atoms with Crippen LogP contribution >= 0.6 is 23.2 Å². The summed E-state index contributed by atoms with van der Waals surface area (Å²) in [6, 6.07) is 4.36. The summed E-state index contributed by atoms with van der Waals surface area (Å²) in [5, 5.41) is 5.38. The predicted octanol–water partition coefficient (Wildman–Crippen LogP) is 3.77. The fraction of sp³-hybridized carbons (Fsp3) is 0.400. The summed E-state index contributed by atoms with van der Waals surface area (Å²) in [6.45, 7) is 4.57. The van der Waals surface area contributed by atoms with Gasteiger partial charge in [0.05, 0.1) is 16.4 Å². The van der Waals surface area contributed by atoms with Crippen molar-refractivity contribution in [2.45, 2.75) is 39.3 Å². The van der Waals surface area contributed by atoms with Crippen molar-refractivity contribution in [3.63, 3.8) is 0 Å². The Bertz CT molecular complexity index is 620. The molecule has 0 aliphatic rings. The third-order valence-electron chi connectivity index (χ3n) is 3.44. The van der Waals surface area contributed by atoms with E-state index in [1.807, 2.05) is 18.5 Å². The van der Waals surface area contributed by atoms with Crippen molar-refractivity contribution >= 4 is 23.2 Å². The zero-order valence-corrected chi connectivity index (χ0v) is 13.5. The molecule has 0 amide bonds. The van der Waals surface area contributed by atoms with Crippen LogP contribution in [0.3, 0.4) is 0 Å². The molecule has 0 saturated carbocycles. The van der Waals surface area contributed by atoms with E-state index in [-0.39, 0.29) is 11.9 Å². The lowest BCUT2D eigenvalue weighted by atomic mass is 10.0. The van der Waals surface area contributed by atoms with Gasteiger partial charge in [-0.2, -0.15) is 5.10 Å². The second-order valence-electron chi connectivity index (χ2n) is 5.03. The zero-order chi connectivity index (χ0) is 15.6. The van der Waals surface area contributed by atoms with E-state index >= 15 is 0 Å². The van der Waals surface area contributed by atoms with Gasteiger partial charge < -0.3 is 5.73 Å². The smallest absolute Gasteiger partial charge is 0.127 e. The predicted molar refractivity (Wildman–Crippen MR) is 84.4 cm³/mol. The molecule has 1 unspecified atom stereocenters. The number of nitrogens with zero attached hydrogens (tertiary/aromatic N) is 2. The molecule has 0 aliphatic heterocycles. The van der Waals surface area contributed by atoms with Crippen LogP contribution in [-0.4, -0.2) is 15.8 Å². The molecule has 1 heterocycles. The number of hydrogen-bond acceptors (Lipinski definition) is 2. The third-order valence-corrected chi connectivity index (χ3v) is 4.28. The zero-order valence-electron chi connectivity index (χ0n) is 12.0. The first-order valence-corrected chi connectivity index (χ1v) is 7.59. The summed E-state index contributed by atoms with van der Waals surface area (Å²) in [5.74, 6) is -0.329. The van der Waals surface area contributed by atoms with Gasteiger partial charge in [0, 0.05) is 29.6 Å². The number of rotatable bonds is 5. The number of benzene rings is 1. The highest BCUT2D eigenvalue weighted by atomic mass is 35.5. The molecule has 21 heavy (non-hydrogen) atoms. The van der Waals surface area contributed by atoms with Gasteiger partial charge in [-0.25, -0.2) is 4.39 Å². The highest BCUT2D eigenvalue weighted by Gasteiger charge is 2.18. The van der Waals surface area contributed by atoms with Gasteiger partial charge in [-0.15, -0.1) is 0 Å². The molecule has 3 nitrogen and oxygen atoms in total. The summed E-state index contributed by atoms with van der Waals surface area (Å²) in [7, 11) is 0. The second kappa shape index (κ2) is 6.77. The Balaban J connectivity index is 2.17. The molecule has 1 aromatic carbocycles. The molecular formula is C15H18Cl2FN3. The molecule has 6 heteroatoms. The van der Waals surface area contributed by atoms with E-state index in [9.17, 15) is 4.39 Å². The second-order valence-corrected chi connectivity index (χ2v) is 5.82. The van der Waals surface area contributed by atoms with Crippen LogP contribution in [0.5, 0.6) is 0 Å². The van der Waals surface area contributed by atoms with E-state index in [1.54, 1.807) is 12.1 Å². The number of nitrogens with two attached hydrogens (primary N) is 1. The van der Waals surface area contributed by atoms with Crippen LogP contribution in [0, 0.1) is 12.7 Å². The van der Waals surface area contributed by atoms with E-state index in [0.29, 0.717) is 28.5 Å². The Morgan fingerprint density at radius 1 is 1.33 bits per heavy atom. The molecule has 0 fully saturated rings. The van der Waals surface area contributed by atoms with Crippen LogP contribution in [0.15, 0.2) is 18.2 Å². The van der Waals surface area contributed by atoms with Crippen LogP contribution in [0.2, 0.25) is 10.0 Å². The van der Waals surface area contributed by atoms with Crippen molar-refractivity contribution in [1.29, 1.82) is 0 Å². The fourth-order valence-corrected chi connectivity index (χ4v) is 2.83. The normalized spacial score (nSPS) is 12.7. The monoisotopic (exact) mass is 329 g/mol. The maximum absolute atomic E-state index is 13.8. The average Bonchev–Trinajstić information content (AvgIpc) is 2.71. The number of aryl methyl sites for hydroxylation is 2. The van der Waals surface area contributed by atoms with Gasteiger partial charge >= 0.3 is 0 Å². The molecule has 0 bridgehead atoms. The molecule has 1 atom stereocenters. The molecule has 114 valence electrons. The molecule has 1 aromatic heterocycles. The Morgan fingerprint density at radius 3 is 2.67 bits per heavy atom. The molecule has 0 spiro atoms. The first-order chi connectivity index (χ1) is 9.93. The van der Waals surface area contributed by atoms with Gasteiger partial charge in [-0.05, 0) is 32.4 Å². The van der Waals surface area contributed by atoms with Gasteiger partial charge in [-0.3, -0.25) is 4.68 Å². The van der Waals surface area contributed by atoms with Crippen molar-refractivity contribution in [3.05, 3.63) is 51.0 Å². The lowest BCUT2D eigenvalue weighted by Crippen LogP contribution is -2.27. The van der Waals surface area contributed by atoms with Gasteiger partial charge in [0.15, 0.2) is 0 Å².